The topological polar surface area (TPSA) is 66.6 Å². The van der Waals surface area contributed by atoms with Crippen molar-refractivity contribution in [1.29, 1.82) is 0 Å². The Labute approximate surface area is 128 Å². The highest BCUT2D eigenvalue weighted by molar-refractivity contribution is 9.10. The summed E-state index contributed by atoms with van der Waals surface area (Å²) in [4.78, 5) is 13.0. The second kappa shape index (κ2) is 7.09. The van der Waals surface area contributed by atoms with Crippen LogP contribution in [0.25, 0.3) is 0 Å². The first-order chi connectivity index (χ1) is 9.58. The highest BCUT2D eigenvalue weighted by atomic mass is 79.9. The van der Waals surface area contributed by atoms with Crippen molar-refractivity contribution in [3.8, 4) is 0 Å². The van der Waals surface area contributed by atoms with E-state index in [1.807, 2.05) is 12.1 Å². The van der Waals surface area contributed by atoms with Crippen LogP contribution in [0.15, 0.2) is 22.7 Å². The molecule has 1 aromatic carbocycles. The Bertz CT molecular complexity index is 473. The molecule has 0 aliphatic carbocycles. The van der Waals surface area contributed by atoms with Gasteiger partial charge in [-0.2, -0.15) is 0 Å². The van der Waals surface area contributed by atoms with E-state index in [2.05, 4.69) is 26.9 Å². The van der Waals surface area contributed by atoms with Gasteiger partial charge in [0.2, 0.25) is 0 Å². The molecule has 0 spiro atoms. The van der Waals surface area contributed by atoms with Crippen molar-refractivity contribution in [2.75, 3.05) is 18.0 Å². The average Bonchev–Trinajstić information content (AvgIpc) is 2.45. The van der Waals surface area contributed by atoms with Gasteiger partial charge in [0.25, 0.3) is 0 Å². The van der Waals surface area contributed by atoms with E-state index in [4.69, 9.17) is 10.8 Å². The summed E-state index contributed by atoms with van der Waals surface area (Å²) in [7, 11) is 0. The number of anilines is 1. The van der Waals surface area contributed by atoms with Gasteiger partial charge in [0.1, 0.15) is 0 Å². The summed E-state index contributed by atoms with van der Waals surface area (Å²) in [5, 5.41) is 8.71. The van der Waals surface area contributed by atoms with E-state index in [0.717, 1.165) is 23.1 Å². The predicted octanol–water partition coefficient (Wildman–Crippen LogP) is 3.30. The zero-order valence-corrected chi connectivity index (χ0v) is 13.1. The van der Waals surface area contributed by atoms with E-state index in [-0.39, 0.29) is 12.5 Å². The molecule has 1 aliphatic rings. The van der Waals surface area contributed by atoms with Crippen molar-refractivity contribution >= 4 is 27.6 Å². The van der Waals surface area contributed by atoms with Gasteiger partial charge >= 0.3 is 5.97 Å². The number of halogens is 1. The molecule has 1 aliphatic heterocycles. The minimum absolute atomic E-state index is 0.104. The van der Waals surface area contributed by atoms with Crippen LogP contribution < -0.4 is 10.6 Å². The molecule has 0 saturated carbocycles. The van der Waals surface area contributed by atoms with Gasteiger partial charge < -0.3 is 15.7 Å². The third kappa shape index (κ3) is 3.96. The second-order valence-corrected chi connectivity index (χ2v) is 6.15. The normalized spacial score (nSPS) is 17.0. The summed E-state index contributed by atoms with van der Waals surface area (Å²) in [6.07, 6.45) is 4.36. The maximum Gasteiger partial charge on any atom is 0.303 e. The summed E-state index contributed by atoms with van der Waals surface area (Å²) in [5.74, 6) is -0.801. The first kappa shape index (κ1) is 15.3. The highest BCUT2D eigenvalue weighted by Crippen LogP contribution is 2.31. The van der Waals surface area contributed by atoms with Gasteiger partial charge in [-0.1, -0.05) is 6.07 Å². The minimum Gasteiger partial charge on any atom is -0.481 e. The van der Waals surface area contributed by atoms with E-state index in [1.165, 1.54) is 24.9 Å². The highest BCUT2D eigenvalue weighted by Gasteiger charge is 2.15. The Morgan fingerprint density at radius 3 is 2.65 bits per heavy atom. The van der Waals surface area contributed by atoms with Crippen molar-refractivity contribution in [2.45, 2.75) is 38.1 Å². The van der Waals surface area contributed by atoms with Crippen molar-refractivity contribution < 1.29 is 9.90 Å². The maximum absolute atomic E-state index is 10.6. The van der Waals surface area contributed by atoms with Gasteiger partial charge in [-0.25, -0.2) is 0 Å². The molecule has 1 heterocycles. The monoisotopic (exact) mass is 340 g/mol. The molecular formula is C15H21BrN2O2. The Hall–Kier alpha value is -1.07. The van der Waals surface area contributed by atoms with E-state index in [1.54, 1.807) is 0 Å². The zero-order chi connectivity index (χ0) is 14.5. The summed E-state index contributed by atoms with van der Waals surface area (Å²) in [6.45, 7) is 2.20. The van der Waals surface area contributed by atoms with Gasteiger partial charge in [0, 0.05) is 30.0 Å². The molecule has 110 valence electrons. The SMILES string of the molecule is NC(CCC(=O)O)c1ccc(N2CCCCC2)c(Br)c1. The van der Waals surface area contributed by atoms with Crippen molar-refractivity contribution in [2.24, 2.45) is 5.73 Å². The van der Waals surface area contributed by atoms with Gasteiger partial charge in [0.15, 0.2) is 0 Å². The van der Waals surface area contributed by atoms with Crippen LogP contribution in [-0.2, 0) is 4.79 Å². The number of carboxylic acids is 1. The van der Waals surface area contributed by atoms with Gasteiger partial charge in [-0.05, 0) is 59.3 Å². The van der Waals surface area contributed by atoms with E-state index >= 15 is 0 Å². The quantitative estimate of drug-likeness (QED) is 0.862. The number of piperidine rings is 1. The molecule has 1 fully saturated rings. The van der Waals surface area contributed by atoms with Gasteiger partial charge in [0.05, 0.1) is 5.69 Å². The molecular weight excluding hydrogens is 320 g/mol. The molecule has 20 heavy (non-hydrogen) atoms. The predicted molar refractivity (Wildman–Crippen MR) is 84.0 cm³/mol. The average molecular weight is 341 g/mol. The third-order valence-electron chi connectivity index (χ3n) is 3.77. The lowest BCUT2D eigenvalue weighted by Crippen LogP contribution is -2.29. The van der Waals surface area contributed by atoms with Crippen LogP contribution in [-0.4, -0.2) is 24.2 Å². The van der Waals surface area contributed by atoms with Crippen LogP contribution in [0.5, 0.6) is 0 Å². The Balaban J connectivity index is 2.06. The number of hydrogen-bond acceptors (Lipinski definition) is 3. The summed E-state index contributed by atoms with van der Waals surface area (Å²) >= 11 is 3.62. The molecule has 2 rings (SSSR count). The maximum atomic E-state index is 10.6. The molecule has 0 amide bonds. The lowest BCUT2D eigenvalue weighted by atomic mass is 10.0. The number of carbonyl (C=O) groups is 1. The van der Waals surface area contributed by atoms with Gasteiger partial charge in [-0.3, -0.25) is 4.79 Å². The number of rotatable bonds is 5. The summed E-state index contributed by atoms with van der Waals surface area (Å²) < 4.78 is 1.04. The first-order valence-corrected chi connectivity index (χ1v) is 7.89. The third-order valence-corrected chi connectivity index (χ3v) is 4.40. The molecule has 0 aromatic heterocycles. The van der Waals surface area contributed by atoms with Crippen LogP contribution in [0.4, 0.5) is 5.69 Å². The molecule has 1 atom stereocenters. The number of benzene rings is 1. The largest absolute Gasteiger partial charge is 0.481 e. The lowest BCUT2D eigenvalue weighted by molar-refractivity contribution is -0.137. The Morgan fingerprint density at radius 2 is 2.05 bits per heavy atom. The van der Waals surface area contributed by atoms with Crippen LogP contribution in [0.1, 0.15) is 43.7 Å². The van der Waals surface area contributed by atoms with Crippen LogP contribution in [0.2, 0.25) is 0 Å². The van der Waals surface area contributed by atoms with E-state index < -0.39 is 5.97 Å². The number of aliphatic carboxylic acids is 1. The summed E-state index contributed by atoms with van der Waals surface area (Å²) in [5.41, 5.74) is 8.24. The van der Waals surface area contributed by atoms with Crippen molar-refractivity contribution in [3.05, 3.63) is 28.2 Å². The van der Waals surface area contributed by atoms with Crippen molar-refractivity contribution in [3.63, 3.8) is 0 Å². The Kier molecular flexibility index (Phi) is 5.43. The fraction of sp³-hybridized carbons (Fsp3) is 0.533. The van der Waals surface area contributed by atoms with E-state index in [9.17, 15) is 4.79 Å². The fourth-order valence-corrected chi connectivity index (χ4v) is 3.24. The molecule has 1 aromatic rings. The molecule has 0 bridgehead atoms. The second-order valence-electron chi connectivity index (χ2n) is 5.30. The molecule has 4 nitrogen and oxygen atoms in total. The zero-order valence-electron chi connectivity index (χ0n) is 11.5. The Morgan fingerprint density at radius 1 is 1.35 bits per heavy atom. The molecule has 5 heteroatoms. The van der Waals surface area contributed by atoms with E-state index in [0.29, 0.717) is 6.42 Å². The molecule has 0 radical (unpaired) electrons. The van der Waals surface area contributed by atoms with Crippen LogP contribution in [0, 0.1) is 0 Å². The minimum atomic E-state index is -0.801. The molecule has 1 unspecified atom stereocenters. The lowest BCUT2D eigenvalue weighted by Gasteiger charge is -2.30. The van der Waals surface area contributed by atoms with Gasteiger partial charge in [-0.15, -0.1) is 0 Å². The van der Waals surface area contributed by atoms with Crippen LogP contribution in [0.3, 0.4) is 0 Å². The van der Waals surface area contributed by atoms with Crippen molar-refractivity contribution in [1.82, 2.24) is 0 Å². The fourth-order valence-electron chi connectivity index (χ4n) is 2.59. The smallest absolute Gasteiger partial charge is 0.303 e. The number of nitrogens with two attached hydrogens (primary N) is 1. The summed E-state index contributed by atoms with van der Waals surface area (Å²) in [6, 6.07) is 5.90. The number of carboxylic acid groups (broad SMARTS) is 1. The number of hydrogen-bond donors (Lipinski definition) is 2. The first-order valence-electron chi connectivity index (χ1n) is 7.09. The molecule has 3 N–H and O–H groups in total. The molecule has 1 saturated heterocycles. The standard InChI is InChI=1S/C15H21BrN2O2/c16-12-10-11(13(17)5-7-15(19)20)4-6-14(12)18-8-2-1-3-9-18/h4,6,10,13H,1-3,5,7-9,17H2,(H,19,20). The number of nitrogens with zero attached hydrogens (tertiary/aromatic N) is 1. The van der Waals surface area contributed by atoms with Crippen LogP contribution >= 0.6 is 15.9 Å².